The van der Waals surface area contributed by atoms with E-state index in [9.17, 15) is 4.79 Å². The van der Waals surface area contributed by atoms with Crippen molar-refractivity contribution in [2.75, 3.05) is 6.61 Å². The molecule has 0 saturated heterocycles. The fraction of sp³-hybridized carbons (Fsp3) is 0.583. The Kier molecular flexibility index (Phi) is 4.40. The second-order valence-corrected chi connectivity index (χ2v) is 3.88. The van der Waals surface area contributed by atoms with Crippen molar-refractivity contribution in [1.82, 2.24) is 0 Å². The smallest absolute Gasteiger partial charge is 0.306 e. The van der Waals surface area contributed by atoms with E-state index in [0.717, 1.165) is 5.76 Å². The standard InChI is InChI=1S/C12H18O3/c1-4-14-12(13)8-10(9(2)3)11-6-5-7-15-11/h5-7,9-10H,4,8H2,1-3H3. The van der Waals surface area contributed by atoms with E-state index < -0.39 is 0 Å². The zero-order valence-corrected chi connectivity index (χ0v) is 9.53. The first-order valence-electron chi connectivity index (χ1n) is 5.34. The number of carbonyl (C=O) groups excluding carboxylic acids is 1. The number of rotatable bonds is 5. The van der Waals surface area contributed by atoms with Crippen molar-refractivity contribution < 1.29 is 13.9 Å². The highest BCUT2D eigenvalue weighted by Crippen LogP contribution is 2.28. The minimum atomic E-state index is -0.160. The summed E-state index contributed by atoms with van der Waals surface area (Å²) in [4.78, 5) is 11.4. The van der Waals surface area contributed by atoms with E-state index in [1.54, 1.807) is 6.26 Å². The molecule has 1 unspecified atom stereocenters. The van der Waals surface area contributed by atoms with Gasteiger partial charge < -0.3 is 9.15 Å². The van der Waals surface area contributed by atoms with Crippen LogP contribution in [0.3, 0.4) is 0 Å². The molecule has 84 valence electrons. The number of carbonyl (C=O) groups is 1. The van der Waals surface area contributed by atoms with E-state index in [0.29, 0.717) is 18.9 Å². The van der Waals surface area contributed by atoms with Gasteiger partial charge in [-0.05, 0) is 25.0 Å². The molecule has 1 rings (SSSR count). The molecule has 1 aromatic heterocycles. The maximum Gasteiger partial charge on any atom is 0.306 e. The lowest BCUT2D eigenvalue weighted by molar-refractivity contribution is -0.143. The molecule has 0 aliphatic rings. The maximum absolute atomic E-state index is 11.4. The molecule has 3 nitrogen and oxygen atoms in total. The quantitative estimate of drug-likeness (QED) is 0.701. The minimum absolute atomic E-state index is 0.110. The molecule has 0 saturated carbocycles. The SMILES string of the molecule is CCOC(=O)CC(c1ccco1)C(C)C. The summed E-state index contributed by atoms with van der Waals surface area (Å²) in [6.07, 6.45) is 2.02. The fourth-order valence-electron chi connectivity index (χ4n) is 1.57. The fourth-order valence-corrected chi connectivity index (χ4v) is 1.57. The Hall–Kier alpha value is -1.25. The Morgan fingerprint density at radius 1 is 1.53 bits per heavy atom. The number of hydrogen-bond acceptors (Lipinski definition) is 3. The molecular weight excluding hydrogens is 192 g/mol. The lowest BCUT2D eigenvalue weighted by Gasteiger charge is -2.17. The molecule has 3 heteroatoms. The number of hydrogen-bond donors (Lipinski definition) is 0. The first-order valence-corrected chi connectivity index (χ1v) is 5.34. The zero-order valence-electron chi connectivity index (χ0n) is 9.53. The molecule has 0 fully saturated rings. The van der Waals surface area contributed by atoms with Gasteiger partial charge in [0.25, 0.3) is 0 Å². The highest BCUT2D eigenvalue weighted by molar-refractivity contribution is 5.70. The highest BCUT2D eigenvalue weighted by Gasteiger charge is 2.22. The Labute approximate surface area is 90.4 Å². The van der Waals surface area contributed by atoms with Gasteiger partial charge in [-0.3, -0.25) is 4.79 Å². The molecule has 0 N–H and O–H groups in total. The summed E-state index contributed by atoms with van der Waals surface area (Å²) in [6.45, 7) is 6.40. The van der Waals surface area contributed by atoms with E-state index in [1.165, 1.54) is 0 Å². The van der Waals surface area contributed by atoms with Gasteiger partial charge in [-0.1, -0.05) is 13.8 Å². The van der Waals surface area contributed by atoms with Crippen LogP contribution in [-0.4, -0.2) is 12.6 Å². The zero-order chi connectivity index (χ0) is 11.3. The molecule has 1 heterocycles. The van der Waals surface area contributed by atoms with Crippen LogP contribution in [0.15, 0.2) is 22.8 Å². The van der Waals surface area contributed by atoms with E-state index in [1.807, 2.05) is 19.1 Å². The monoisotopic (exact) mass is 210 g/mol. The minimum Gasteiger partial charge on any atom is -0.469 e. The predicted octanol–water partition coefficient (Wildman–Crippen LogP) is 2.97. The van der Waals surface area contributed by atoms with Gasteiger partial charge in [-0.2, -0.15) is 0 Å². The van der Waals surface area contributed by atoms with Crippen molar-refractivity contribution in [3.63, 3.8) is 0 Å². The molecule has 0 aromatic carbocycles. The van der Waals surface area contributed by atoms with Gasteiger partial charge in [0, 0.05) is 5.92 Å². The van der Waals surface area contributed by atoms with Crippen LogP contribution in [0.2, 0.25) is 0 Å². The summed E-state index contributed by atoms with van der Waals surface area (Å²) >= 11 is 0. The lowest BCUT2D eigenvalue weighted by Crippen LogP contribution is -2.14. The van der Waals surface area contributed by atoms with Crippen LogP contribution >= 0.6 is 0 Å². The van der Waals surface area contributed by atoms with Gasteiger partial charge in [0.1, 0.15) is 5.76 Å². The summed E-state index contributed by atoms with van der Waals surface area (Å²) in [6, 6.07) is 3.75. The van der Waals surface area contributed by atoms with Gasteiger partial charge in [0.2, 0.25) is 0 Å². The second kappa shape index (κ2) is 5.59. The summed E-state index contributed by atoms with van der Waals surface area (Å²) < 4.78 is 10.3. The van der Waals surface area contributed by atoms with Gasteiger partial charge >= 0.3 is 5.97 Å². The predicted molar refractivity (Wildman–Crippen MR) is 57.5 cm³/mol. The van der Waals surface area contributed by atoms with Gasteiger partial charge in [0.15, 0.2) is 0 Å². The third-order valence-electron chi connectivity index (χ3n) is 2.41. The van der Waals surface area contributed by atoms with Gasteiger partial charge in [-0.15, -0.1) is 0 Å². The van der Waals surface area contributed by atoms with Crippen molar-refractivity contribution >= 4 is 5.97 Å². The molecule has 0 amide bonds. The van der Waals surface area contributed by atoms with Crippen LogP contribution in [0.25, 0.3) is 0 Å². The van der Waals surface area contributed by atoms with E-state index in [4.69, 9.17) is 9.15 Å². The molecule has 1 aromatic rings. The largest absolute Gasteiger partial charge is 0.469 e. The van der Waals surface area contributed by atoms with Gasteiger partial charge in [-0.25, -0.2) is 0 Å². The molecule has 0 spiro atoms. The maximum atomic E-state index is 11.4. The second-order valence-electron chi connectivity index (χ2n) is 3.88. The van der Waals surface area contributed by atoms with Crippen LogP contribution in [0.4, 0.5) is 0 Å². The highest BCUT2D eigenvalue weighted by atomic mass is 16.5. The van der Waals surface area contributed by atoms with Crippen molar-refractivity contribution in [3.8, 4) is 0 Å². The third kappa shape index (κ3) is 3.42. The van der Waals surface area contributed by atoms with Crippen LogP contribution in [0.1, 0.15) is 38.9 Å². The Bertz CT molecular complexity index is 288. The molecule has 1 atom stereocenters. The molecule has 0 radical (unpaired) electrons. The summed E-state index contributed by atoms with van der Waals surface area (Å²) in [5, 5.41) is 0. The van der Waals surface area contributed by atoms with Crippen LogP contribution in [-0.2, 0) is 9.53 Å². The number of furan rings is 1. The molecule has 0 bridgehead atoms. The first-order chi connectivity index (χ1) is 7.15. The average molecular weight is 210 g/mol. The van der Waals surface area contributed by atoms with E-state index in [2.05, 4.69) is 13.8 Å². The molecule has 0 aliphatic heterocycles. The Morgan fingerprint density at radius 3 is 2.73 bits per heavy atom. The Morgan fingerprint density at radius 2 is 2.27 bits per heavy atom. The van der Waals surface area contributed by atoms with Crippen molar-refractivity contribution in [2.24, 2.45) is 5.92 Å². The van der Waals surface area contributed by atoms with Crippen molar-refractivity contribution in [2.45, 2.75) is 33.1 Å². The molecule has 15 heavy (non-hydrogen) atoms. The average Bonchev–Trinajstić information content (AvgIpc) is 2.66. The van der Waals surface area contributed by atoms with E-state index in [-0.39, 0.29) is 11.9 Å². The van der Waals surface area contributed by atoms with Crippen LogP contribution in [0.5, 0.6) is 0 Å². The Balaban J connectivity index is 2.64. The molecular formula is C12H18O3. The lowest BCUT2D eigenvalue weighted by atomic mass is 9.90. The summed E-state index contributed by atoms with van der Waals surface area (Å²) in [7, 11) is 0. The van der Waals surface area contributed by atoms with Gasteiger partial charge in [0.05, 0.1) is 19.3 Å². The van der Waals surface area contributed by atoms with Crippen molar-refractivity contribution in [1.29, 1.82) is 0 Å². The van der Waals surface area contributed by atoms with Crippen LogP contribution < -0.4 is 0 Å². The van der Waals surface area contributed by atoms with Crippen molar-refractivity contribution in [3.05, 3.63) is 24.2 Å². The van der Waals surface area contributed by atoms with E-state index >= 15 is 0 Å². The van der Waals surface area contributed by atoms with Crippen LogP contribution in [0, 0.1) is 5.92 Å². The summed E-state index contributed by atoms with van der Waals surface area (Å²) in [5.74, 6) is 1.17. The molecule has 0 aliphatic carbocycles. The summed E-state index contributed by atoms with van der Waals surface area (Å²) in [5.41, 5.74) is 0. The normalized spacial score (nSPS) is 12.8. The first kappa shape index (κ1) is 11.8. The number of esters is 1. The third-order valence-corrected chi connectivity index (χ3v) is 2.41. The topological polar surface area (TPSA) is 39.4 Å². The number of ether oxygens (including phenoxy) is 1.